The van der Waals surface area contributed by atoms with Crippen molar-refractivity contribution in [3.8, 4) is 0 Å². The Morgan fingerprint density at radius 3 is 2.38 bits per heavy atom. The van der Waals surface area contributed by atoms with Crippen molar-refractivity contribution in [1.29, 1.82) is 0 Å². The minimum Gasteiger partial charge on any atom is -0.355 e. The highest BCUT2D eigenvalue weighted by atomic mass is 16.1. The van der Waals surface area contributed by atoms with E-state index >= 15 is 0 Å². The molecule has 0 bridgehead atoms. The summed E-state index contributed by atoms with van der Waals surface area (Å²) in [7, 11) is 1.66. The Labute approximate surface area is 126 Å². The summed E-state index contributed by atoms with van der Waals surface area (Å²) in [6.07, 6.45) is 1.05. The molecule has 0 fully saturated rings. The second kappa shape index (κ2) is 7.60. The summed E-state index contributed by atoms with van der Waals surface area (Å²) >= 11 is 0. The van der Waals surface area contributed by atoms with Crippen molar-refractivity contribution < 1.29 is 4.79 Å². The molecular weight excluding hydrogens is 260 g/mol. The maximum Gasteiger partial charge on any atom is 0.251 e. The van der Waals surface area contributed by atoms with Crippen molar-refractivity contribution >= 4 is 5.91 Å². The van der Waals surface area contributed by atoms with E-state index in [0.29, 0.717) is 0 Å². The molecule has 1 atom stereocenters. The third-order valence-corrected chi connectivity index (χ3v) is 3.47. The molecule has 1 amide bonds. The minimum absolute atomic E-state index is 0.0275. The average molecular weight is 282 g/mol. The Bertz CT molecular complexity index is 581. The summed E-state index contributed by atoms with van der Waals surface area (Å²) in [4.78, 5) is 12.1. The second-order valence-electron chi connectivity index (χ2n) is 4.96. The Hall–Kier alpha value is -2.13. The monoisotopic (exact) mass is 282 g/mol. The van der Waals surface area contributed by atoms with Crippen molar-refractivity contribution in [3.63, 3.8) is 0 Å². The molecule has 0 saturated heterocycles. The van der Waals surface area contributed by atoms with Crippen LogP contribution in [0.4, 0.5) is 0 Å². The first-order chi connectivity index (χ1) is 10.3. The fourth-order valence-electron chi connectivity index (χ4n) is 2.43. The van der Waals surface area contributed by atoms with Crippen LogP contribution in [-0.4, -0.2) is 19.5 Å². The summed E-state index contributed by atoms with van der Waals surface area (Å²) in [6, 6.07) is 18.0. The van der Waals surface area contributed by atoms with Gasteiger partial charge in [0.1, 0.15) is 0 Å². The second-order valence-corrected chi connectivity index (χ2v) is 4.96. The molecule has 0 heterocycles. The molecule has 0 radical (unpaired) electrons. The van der Waals surface area contributed by atoms with Gasteiger partial charge < -0.3 is 10.6 Å². The molecule has 2 aromatic rings. The number of nitrogens with one attached hydrogen (secondary N) is 2. The van der Waals surface area contributed by atoms with E-state index in [-0.39, 0.29) is 11.9 Å². The van der Waals surface area contributed by atoms with E-state index in [2.05, 4.69) is 29.7 Å². The normalized spacial score (nSPS) is 11.9. The van der Waals surface area contributed by atoms with Gasteiger partial charge in [0.15, 0.2) is 0 Å². The van der Waals surface area contributed by atoms with Crippen LogP contribution in [0.25, 0.3) is 0 Å². The van der Waals surface area contributed by atoms with E-state index in [1.165, 1.54) is 5.56 Å². The molecule has 0 aromatic heterocycles. The van der Waals surface area contributed by atoms with Crippen LogP contribution in [0.3, 0.4) is 0 Å². The number of amides is 1. The lowest BCUT2D eigenvalue weighted by Crippen LogP contribution is -2.27. The Balaban J connectivity index is 2.44. The highest BCUT2D eigenvalue weighted by molar-refractivity contribution is 5.95. The first kappa shape index (κ1) is 15.3. The molecule has 0 saturated carbocycles. The first-order valence-corrected chi connectivity index (χ1v) is 7.37. The lowest BCUT2D eigenvalue weighted by Gasteiger charge is -2.22. The number of benzene rings is 2. The van der Waals surface area contributed by atoms with E-state index in [1.807, 2.05) is 42.5 Å². The van der Waals surface area contributed by atoms with Gasteiger partial charge in [0.05, 0.1) is 6.04 Å². The zero-order chi connectivity index (χ0) is 15.1. The standard InChI is InChI=1S/C18H22N2O/c1-3-13-20-17(14-9-5-4-6-10-14)15-11-7-8-12-16(15)18(21)19-2/h4-12,17,20H,3,13H2,1-2H3,(H,19,21). The topological polar surface area (TPSA) is 41.1 Å². The summed E-state index contributed by atoms with van der Waals surface area (Å²) in [5.74, 6) is -0.0511. The van der Waals surface area contributed by atoms with Crippen molar-refractivity contribution in [2.24, 2.45) is 0 Å². The number of hydrogen-bond acceptors (Lipinski definition) is 2. The maximum atomic E-state index is 12.1. The number of carbonyl (C=O) groups is 1. The van der Waals surface area contributed by atoms with Crippen LogP contribution in [-0.2, 0) is 0 Å². The molecule has 110 valence electrons. The van der Waals surface area contributed by atoms with Crippen LogP contribution >= 0.6 is 0 Å². The van der Waals surface area contributed by atoms with Gasteiger partial charge in [-0.25, -0.2) is 0 Å². The average Bonchev–Trinajstić information content (AvgIpc) is 2.56. The molecule has 0 spiro atoms. The predicted molar refractivity (Wildman–Crippen MR) is 86.4 cm³/mol. The number of hydrogen-bond donors (Lipinski definition) is 2. The summed E-state index contributed by atoms with van der Waals surface area (Å²) in [5.41, 5.74) is 2.90. The molecule has 2 N–H and O–H groups in total. The Morgan fingerprint density at radius 1 is 1.05 bits per heavy atom. The van der Waals surface area contributed by atoms with Gasteiger partial charge in [0, 0.05) is 12.6 Å². The highest BCUT2D eigenvalue weighted by Crippen LogP contribution is 2.25. The van der Waals surface area contributed by atoms with Gasteiger partial charge in [-0.2, -0.15) is 0 Å². The van der Waals surface area contributed by atoms with Gasteiger partial charge in [-0.3, -0.25) is 4.79 Å². The van der Waals surface area contributed by atoms with E-state index in [4.69, 9.17) is 0 Å². The molecule has 1 unspecified atom stereocenters. The summed E-state index contributed by atoms with van der Waals surface area (Å²) < 4.78 is 0. The molecule has 2 rings (SSSR count). The van der Waals surface area contributed by atoms with Crippen LogP contribution in [0.2, 0.25) is 0 Å². The van der Waals surface area contributed by atoms with Crippen molar-refractivity contribution in [2.75, 3.05) is 13.6 Å². The van der Waals surface area contributed by atoms with Crippen LogP contribution in [0.5, 0.6) is 0 Å². The smallest absolute Gasteiger partial charge is 0.251 e. The largest absolute Gasteiger partial charge is 0.355 e. The maximum absolute atomic E-state index is 12.1. The fraction of sp³-hybridized carbons (Fsp3) is 0.278. The summed E-state index contributed by atoms with van der Waals surface area (Å²) in [5, 5.41) is 6.26. The van der Waals surface area contributed by atoms with Crippen molar-refractivity contribution in [2.45, 2.75) is 19.4 Å². The van der Waals surface area contributed by atoms with E-state index in [0.717, 1.165) is 24.1 Å². The van der Waals surface area contributed by atoms with Gasteiger partial charge in [-0.15, -0.1) is 0 Å². The molecule has 21 heavy (non-hydrogen) atoms. The van der Waals surface area contributed by atoms with Crippen LogP contribution in [0, 0.1) is 0 Å². The van der Waals surface area contributed by atoms with Crippen LogP contribution in [0.1, 0.15) is 40.9 Å². The molecule has 3 nitrogen and oxygen atoms in total. The number of rotatable bonds is 6. The van der Waals surface area contributed by atoms with E-state index < -0.39 is 0 Å². The molecule has 0 aliphatic rings. The zero-order valence-electron chi connectivity index (χ0n) is 12.6. The predicted octanol–water partition coefficient (Wildman–Crippen LogP) is 3.14. The lowest BCUT2D eigenvalue weighted by atomic mass is 9.94. The number of carbonyl (C=O) groups excluding carboxylic acids is 1. The third-order valence-electron chi connectivity index (χ3n) is 3.47. The van der Waals surface area contributed by atoms with Gasteiger partial charge in [-0.05, 0) is 30.2 Å². The molecular formula is C18H22N2O. The van der Waals surface area contributed by atoms with Crippen LogP contribution < -0.4 is 10.6 Å². The van der Waals surface area contributed by atoms with E-state index in [1.54, 1.807) is 7.05 Å². The Morgan fingerprint density at radius 2 is 1.71 bits per heavy atom. The Kier molecular flexibility index (Phi) is 5.52. The molecule has 0 aliphatic heterocycles. The van der Waals surface area contributed by atoms with Crippen molar-refractivity contribution in [3.05, 3.63) is 71.3 Å². The van der Waals surface area contributed by atoms with Crippen molar-refractivity contribution in [1.82, 2.24) is 10.6 Å². The van der Waals surface area contributed by atoms with Crippen LogP contribution in [0.15, 0.2) is 54.6 Å². The molecule has 2 aromatic carbocycles. The molecule has 3 heteroatoms. The van der Waals surface area contributed by atoms with Gasteiger partial charge >= 0.3 is 0 Å². The van der Waals surface area contributed by atoms with Gasteiger partial charge in [0.2, 0.25) is 0 Å². The van der Waals surface area contributed by atoms with E-state index in [9.17, 15) is 4.79 Å². The quantitative estimate of drug-likeness (QED) is 0.854. The zero-order valence-corrected chi connectivity index (χ0v) is 12.6. The summed E-state index contributed by atoms with van der Waals surface area (Å²) in [6.45, 7) is 3.04. The third kappa shape index (κ3) is 3.70. The first-order valence-electron chi connectivity index (χ1n) is 7.37. The lowest BCUT2D eigenvalue weighted by molar-refractivity contribution is 0.0961. The van der Waals surface area contributed by atoms with Gasteiger partial charge in [0.25, 0.3) is 5.91 Å². The fourth-order valence-corrected chi connectivity index (χ4v) is 2.43. The molecule has 0 aliphatic carbocycles. The minimum atomic E-state index is -0.0511. The highest BCUT2D eigenvalue weighted by Gasteiger charge is 2.19. The SMILES string of the molecule is CCCNC(c1ccccc1)c1ccccc1C(=O)NC. The van der Waals surface area contributed by atoms with Gasteiger partial charge in [-0.1, -0.05) is 55.5 Å².